The molecule has 0 aliphatic carbocycles. The maximum Gasteiger partial charge on any atom is 0.232 e. The molecule has 6 heteroatoms. The number of amides is 1. The van der Waals surface area contributed by atoms with Crippen molar-refractivity contribution in [1.82, 2.24) is 9.97 Å². The van der Waals surface area contributed by atoms with Crippen LogP contribution in [0.2, 0.25) is 0 Å². The number of halogens is 2. The Balaban J connectivity index is 2.00. The first-order chi connectivity index (χ1) is 9.19. The highest BCUT2D eigenvalue weighted by Gasteiger charge is 2.31. The maximum absolute atomic E-state index is 11.9. The largest absolute Gasteiger partial charge is 0.280 e. The van der Waals surface area contributed by atoms with Gasteiger partial charge in [0.1, 0.15) is 0 Å². The van der Waals surface area contributed by atoms with E-state index < -0.39 is 0 Å². The van der Waals surface area contributed by atoms with Crippen LogP contribution in [-0.4, -0.2) is 28.3 Å². The lowest BCUT2D eigenvalue weighted by Crippen LogP contribution is -2.26. The second-order valence-corrected chi connectivity index (χ2v) is 5.73. The van der Waals surface area contributed by atoms with Crippen LogP contribution >= 0.6 is 27.5 Å². The van der Waals surface area contributed by atoms with E-state index in [2.05, 4.69) is 25.9 Å². The van der Waals surface area contributed by atoms with E-state index in [4.69, 9.17) is 11.6 Å². The van der Waals surface area contributed by atoms with Crippen molar-refractivity contribution in [2.75, 3.05) is 17.3 Å². The summed E-state index contributed by atoms with van der Waals surface area (Å²) in [5, 5.41) is 0.937. The SMILES string of the molecule is O=C1CC(CCl)CN1c1ncc2c(Br)cccc2n1. The van der Waals surface area contributed by atoms with Crippen molar-refractivity contribution in [3.05, 3.63) is 28.9 Å². The molecule has 0 saturated carbocycles. The molecule has 1 aromatic heterocycles. The number of fused-ring (bicyclic) bond motifs is 1. The van der Waals surface area contributed by atoms with Gasteiger partial charge in [-0.25, -0.2) is 9.97 Å². The van der Waals surface area contributed by atoms with Crippen LogP contribution in [-0.2, 0) is 4.79 Å². The minimum absolute atomic E-state index is 0.0417. The Labute approximate surface area is 123 Å². The molecule has 0 radical (unpaired) electrons. The van der Waals surface area contributed by atoms with Crippen molar-refractivity contribution in [3.8, 4) is 0 Å². The van der Waals surface area contributed by atoms with E-state index in [-0.39, 0.29) is 11.8 Å². The van der Waals surface area contributed by atoms with E-state index in [1.807, 2.05) is 18.2 Å². The van der Waals surface area contributed by atoms with E-state index in [9.17, 15) is 4.79 Å². The highest BCUT2D eigenvalue weighted by molar-refractivity contribution is 9.10. The number of alkyl halides is 1. The Morgan fingerprint density at radius 1 is 1.47 bits per heavy atom. The maximum atomic E-state index is 11.9. The van der Waals surface area contributed by atoms with Gasteiger partial charge in [0.05, 0.1) is 5.52 Å². The summed E-state index contributed by atoms with van der Waals surface area (Å²) in [6.45, 7) is 0.599. The van der Waals surface area contributed by atoms with Gasteiger partial charge in [-0.1, -0.05) is 22.0 Å². The van der Waals surface area contributed by atoms with Crippen LogP contribution in [0, 0.1) is 5.92 Å². The van der Waals surface area contributed by atoms with Gasteiger partial charge in [0.2, 0.25) is 11.9 Å². The van der Waals surface area contributed by atoms with Gasteiger partial charge in [0.25, 0.3) is 0 Å². The highest BCUT2D eigenvalue weighted by Crippen LogP contribution is 2.26. The zero-order chi connectivity index (χ0) is 13.4. The Bertz CT molecular complexity index is 649. The molecule has 98 valence electrons. The molecule has 1 atom stereocenters. The Morgan fingerprint density at radius 2 is 2.32 bits per heavy atom. The fraction of sp³-hybridized carbons (Fsp3) is 0.308. The van der Waals surface area contributed by atoms with Crippen molar-refractivity contribution < 1.29 is 4.79 Å². The third-order valence-corrected chi connectivity index (χ3v) is 4.35. The fourth-order valence-electron chi connectivity index (χ4n) is 2.22. The second-order valence-electron chi connectivity index (χ2n) is 4.57. The quantitative estimate of drug-likeness (QED) is 0.790. The van der Waals surface area contributed by atoms with Gasteiger partial charge >= 0.3 is 0 Å². The standard InChI is InChI=1S/C13H11BrClN3O/c14-10-2-1-3-11-9(10)6-16-13(17-11)18-7-8(5-15)4-12(18)19/h1-3,6,8H,4-5,7H2. The average molecular weight is 341 g/mol. The van der Waals surface area contributed by atoms with E-state index in [1.54, 1.807) is 11.1 Å². The Kier molecular flexibility index (Phi) is 3.41. The molecule has 0 bridgehead atoms. The lowest BCUT2D eigenvalue weighted by Gasteiger charge is -2.14. The lowest BCUT2D eigenvalue weighted by molar-refractivity contribution is -0.117. The number of carbonyl (C=O) groups is 1. The third-order valence-electron chi connectivity index (χ3n) is 3.22. The molecule has 1 unspecified atom stereocenters. The van der Waals surface area contributed by atoms with Crippen molar-refractivity contribution in [2.45, 2.75) is 6.42 Å². The van der Waals surface area contributed by atoms with Gasteiger partial charge in [-0.05, 0) is 18.1 Å². The van der Waals surface area contributed by atoms with Crippen LogP contribution in [0.4, 0.5) is 5.95 Å². The summed E-state index contributed by atoms with van der Waals surface area (Å²) in [4.78, 5) is 22.3. The molecule has 0 spiro atoms. The van der Waals surface area contributed by atoms with Crippen molar-refractivity contribution in [1.29, 1.82) is 0 Å². The van der Waals surface area contributed by atoms with Gasteiger partial charge < -0.3 is 0 Å². The normalized spacial score (nSPS) is 19.4. The summed E-state index contributed by atoms with van der Waals surface area (Å²) in [6.07, 6.45) is 2.21. The summed E-state index contributed by atoms with van der Waals surface area (Å²) in [6, 6.07) is 5.76. The van der Waals surface area contributed by atoms with E-state index in [0.29, 0.717) is 24.8 Å². The van der Waals surface area contributed by atoms with Crippen LogP contribution in [0.5, 0.6) is 0 Å². The molecule has 2 heterocycles. The summed E-state index contributed by atoms with van der Waals surface area (Å²) in [5.74, 6) is 1.18. The minimum Gasteiger partial charge on any atom is -0.280 e. The van der Waals surface area contributed by atoms with Crippen LogP contribution in [0.3, 0.4) is 0 Å². The molecule has 1 aromatic carbocycles. The molecule has 19 heavy (non-hydrogen) atoms. The topological polar surface area (TPSA) is 46.1 Å². The van der Waals surface area contributed by atoms with Crippen LogP contribution in [0.1, 0.15) is 6.42 Å². The predicted molar refractivity (Wildman–Crippen MR) is 78.4 cm³/mol. The zero-order valence-corrected chi connectivity index (χ0v) is 12.4. The number of nitrogens with zero attached hydrogens (tertiary/aromatic N) is 3. The first-order valence-electron chi connectivity index (χ1n) is 5.96. The third kappa shape index (κ3) is 2.32. The molecule has 0 N–H and O–H groups in total. The van der Waals surface area contributed by atoms with Gasteiger partial charge in [0, 0.05) is 34.9 Å². The zero-order valence-electron chi connectivity index (χ0n) is 10.0. The number of hydrogen-bond donors (Lipinski definition) is 0. The number of carbonyl (C=O) groups excluding carboxylic acids is 1. The molecule has 1 amide bonds. The Hall–Kier alpha value is -1.20. The first kappa shape index (κ1) is 12.8. The predicted octanol–water partition coefficient (Wildman–Crippen LogP) is 2.98. The van der Waals surface area contributed by atoms with E-state index >= 15 is 0 Å². The summed E-state index contributed by atoms with van der Waals surface area (Å²) < 4.78 is 0.947. The Morgan fingerprint density at radius 3 is 3.05 bits per heavy atom. The van der Waals surface area contributed by atoms with Gasteiger partial charge in [-0.15, -0.1) is 11.6 Å². The monoisotopic (exact) mass is 339 g/mol. The van der Waals surface area contributed by atoms with Crippen molar-refractivity contribution >= 4 is 50.3 Å². The second kappa shape index (κ2) is 5.06. The minimum atomic E-state index is 0.0417. The fourth-order valence-corrected chi connectivity index (χ4v) is 2.88. The van der Waals surface area contributed by atoms with Crippen molar-refractivity contribution in [2.24, 2.45) is 5.92 Å². The van der Waals surface area contributed by atoms with Crippen LogP contribution in [0.25, 0.3) is 10.9 Å². The molecule has 4 nitrogen and oxygen atoms in total. The molecule has 3 rings (SSSR count). The molecular formula is C13H11BrClN3O. The molecule has 2 aromatic rings. The summed E-state index contributed by atoms with van der Waals surface area (Å²) in [7, 11) is 0. The number of anilines is 1. The summed E-state index contributed by atoms with van der Waals surface area (Å²) >= 11 is 9.28. The molecule has 1 aliphatic rings. The van der Waals surface area contributed by atoms with Crippen molar-refractivity contribution in [3.63, 3.8) is 0 Å². The van der Waals surface area contributed by atoms with Crippen LogP contribution < -0.4 is 4.90 Å². The lowest BCUT2D eigenvalue weighted by atomic mass is 10.2. The average Bonchev–Trinajstić information content (AvgIpc) is 2.80. The molecular weight excluding hydrogens is 330 g/mol. The van der Waals surface area contributed by atoms with Gasteiger partial charge in [-0.3, -0.25) is 9.69 Å². The van der Waals surface area contributed by atoms with E-state index in [1.165, 1.54) is 0 Å². The van der Waals surface area contributed by atoms with Gasteiger partial charge in [0.15, 0.2) is 0 Å². The highest BCUT2D eigenvalue weighted by atomic mass is 79.9. The molecule has 1 saturated heterocycles. The first-order valence-corrected chi connectivity index (χ1v) is 7.29. The molecule has 1 fully saturated rings. The number of hydrogen-bond acceptors (Lipinski definition) is 3. The van der Waals surface area contributed by atoms with E-state index in [0.717, 1.165) is 15.4 Å². The number of benzene rings is 1. The molecule has 1 aliphatic heterocycles. The summed E-state index contributed by atoms with van der Waals surface area (Å²) in [5.41, 5.74) is 0.821. The van der Waals surface area contributed by atoms with Crippen LogP contribution in [0.15, 0.2) is 28.9 Å². The number of aromatic nitrogens is 2. The number of rotatable bonds is 2. The smallest absolute Gasteiger partial charge is 0.232 e. The van der Waals surface area contributed by atoms with Gasteiger partial charge in [-0.2, -0.15) is 0 Å².